The van der Waals surface area contributed by atoms with Crippen molar-refractivity contribution < 1.29 is 35.6 Å². The average molecular weight is 451 g/mol. The Hall–Kier alpha value is -2.04. The molecule has 2 radical (unpaired) electrons. The molecule has 0 saturated heterocycles. The highest BCUT2D eigenvalue weighted by atomic mass is 32.3. The number of alkyl halides is 6. The van der Waals surface area contributed by atoms with Gasteiger partial charge in [-0.1, -0.05) is 30.3 Å². The topological polar surface area (TPSA) is 41.8 Å². The summed E-state index contributed by atoms with van der Waals surface area (Å²) in [6, 6.07) is 9.72. The molecule has 0 aliphatic rings. The van der Waals surface area contributed by atoms with E-state index in [4.69, 9.17) is 11.0 Å². The smallest absolute Gasteiger partial charge is 0.367 e. The fourth-order valence-corrected chi connectivity index (χ4v) is 3.13. The molecule has 2 aromatic rings. The third-order valence-corrected chi connectivity index (χ3v) is 4.54. The van der Waals surface area contributed by atoms with E-state index in [1.54, 1.807) is 30.3 Å². The standard InChI is InChI=1S/C20H19F6NO2S/c1-13(15-9-16(19(21,22)23)11-17(10-15)20(24,25)26)29-12-18(27-30(2,3)28)14-7-5-4-6-8-14/h2,4-11,13,28H,12H2,1,3H3/b27-18+/t13-/m1/s1. The Balaban J connectivity index is 2.34. The van der Waals surface area contributed by atoms with Crippen molar-refractivity contribution in [3.8, 4) is 0 Å². The van der Waals surface area contributed by atoms with E-state index >= 15 is 0 Å². The third-order valence-electron chi connectivity index (χ3n) is 3.95. The molecular formula is C20H19F6NO2S. The summed E-state index contributed by atoms with van der Waals surface area (Å²) in [5.74, 6) is 0. The van der Waals surface area contributed by atoms with Crippen molar-refractivity contribution in [1.82, 2.24) is 0 Å². The maximum Gasteiger partial charge on any atom is 0.416 e. The predicted molar refractivity (Wildman–Crippen MR) is 104 cm³/mol. The normalized spacial score (nSPS) is 15.2. The maximum absolute atomic E-state index is 13.1. The van der Waals surface area contributed by atoms with Gasteiger partial charge in [0.15, 0.2) is 0 Å². The van der Waals surface area contributed by atoms with Gasteiger partial charge in [-0.15, -0.1) is 0 Å². The Bertz CT molecular complexity index is 857. The van der Waals surface area contributed by atoms with Gasteiger partial charge in [0.25, 0.3) is 0 Å². The lowest BCUT2D eigenvalue weighted by Gasteiger charge is -2.22. The number of benzene rings is 2. The molecule has 1 unspecified atom stereocenters. The van der Waals surface area contributed by atoms with Gasteiger partial charge in [-0.25, -0.2) is 4.40 Å². The Morgan fingerprint density at radius 2 is 1.53 bits per heavy atom. The quantitative estimate of drug-likeness (QED) is 0.389. The summed E-state index contributed by atoms with van der Waals surface area (Å²) in [6.45, 7) is 1.04. The fourth-order valence-electron chi connectivity index (χ4n) is 2.53. The van der Waals surface area contributed by atoms with Gasteiger partial charge in [0.05, 0.1) is 35.8 Å². The van der Waals surface area contributed by atoms with Crippen molar-refractivity contribution in [3.05, 3.63) is 77.0 Å². The van der Waals surface area contributed by atoms with Crippen LogP contribution in [0.4, 0.5) is 26.3 Å². The highest BCUT2D eigenvalue weighted by Crippen LogP contribution is 2.40. The van der Waals surface area contributed by atoms with Gasteiger partial charge in [-0.2, -0.15) is 26.3 Å². The van der Waals surface area contributed by atoms with Crippen molar-refractivity contribution in [3.63, 3.8) is 0 Å². The second kappa shape index (κ2) is 8.99. The zero-order valence-electron chi connectivity index (χ0n) is 16.0. The summed E-state index contributed by atoms with van der Waals surface area (Å²) in [7, 11) is -2.83. The summed E-state index contributed by atoms with van der Waals surface area (Å²) in [4.78, 5) is 0. The highest BCUT2D eigenvalue weighted by Gasteiger charge is 2.37. The summed E-state index contributed by atoms with van der Waals surface area (Å²) >= 11 is 0. The van der Waals surface area contributed by atoms with Crippen molar-refractivity contribution in [1.29, 1.82) is 0 Å². The molecule has 0 fully saturated rings. The van der Waals surface area contributed by atoms with Crippen LogP contribution >= 0.6 is 10.5 Å². The largest absolute Gasteiger partial charge is 0.416 e. The molecule has 2 aromatic carbocycles. The van der Waals surface area contributed by atoms with E-state index in [2.05, 4.69) is 4.40 Å². The fraction of sp³-hybridized carbons (Fsp3) is 0.300. The molecule has 3 nitrogen and oxygen atoms in total. The third kappa shape index (κ3) is 7.03. The molecule has 0 aliphatic carbocycles. The first-order chi connectivity index (χ1) is 13.7. The lowest BCUT2D eigenvalue weighted by atomic mass is 10.0. The SMILES string of the molecule is [CH]S(C)(O)/N=C(\CO[C@H](C)c1cc(C(F)(F)F)cc(C(F)(F)F)c1)c1ccccc1. The number of nitrogens with zero attached hydrogens (tertiary/aromatic N) is 1. The van der Waals surface area contributed by atoms with Crippen LogP contribution in [0.1, 0.15) is 35.3 Å². The first-order valence-corrected chi connectivity index (χ1v) is 10.5. The van der Waals surface area contributed by atoms with Crippen molar-refractivity contribution in [2.45, 2.75) is 25.4 Å². The van der Waals surface area contributed by atoms with Crippen LogP contribution in [0.2, 0.25) is 0 Å². The highest BCUT2D eigenvalue weighted by molar-refractivity contribution is 8.28. The molecular weight excluding hydrogens is 432 g/mol. The number of ether oxygens (including phenoxy) is 1. The van der Waals surface area contributed by atoms with Crippen LogP contribution in [0.15, 0.2) is 52.9 Å². The first-order valence-electron chi connectivity index (χ1n) is 8.50. The minimum atomic E-state index is -4.95. The molecule has 1 N–H and O–H groups in total. The van der Waals surface area contributed by atoms with E-state index < -0.39 is 40.1 Å². The van der Waals surface area contributed by atoms with E-state index in [0.717, 1.165) is 0 Å². The number of halogens is 6. The summed E-state index contributed by atoms with van der Waals surface area (Å²) in [6.07, 6.45) is -4.16. The molecule has 0 saturated carbocycles. The molecule has 0 bridgehead atoms. The second-order valence-corrected chi connectivity index (χ2v) is 8.56. The molecule has 0 aliphatic heterocycles. The molecule has 164 valence electrons. The Morgan fingerprint density at radius 1 is 1.03 bits per heavy atom. The van der Waals surface area contributed by atoms with Crippen LogP contribution in [-0.2, 0) is 17.1 Å². The lowest BCUT2D eigenvalue weighted by molar-refractivity contribution is -0.143. The van der Waals surface area contributed by atoms with Crippen LogP contribution in [0, 0.1) is 6.26 Å². The molecule has 30 heavy (non-hydrogen) atoms. The summed E-state index contributed by atoms with van der Waals surface area (Å²) in [5.41, 5.74) is -2.38. The van der Waals surface area contributed by atoms with Gasteiger partial charge < -0.3 is 9.29 Å². The van der Waals surface area contributed by atoms with Crippen molar-refractivity contribution >= 4 is 16.2 Å². The minimum Gasteiger partial charge on any atom is -0.367 e. The Kier molecular flexibility index (Phi) is 7.26. The predicted octanol–water partition coefficient (Wildman–Crippen LogP) is 6.78. The molecule has 2 rings (SSSR count). The monoisotopic (exact) mass is 451 g/mol. The molecule has 0 amide bonds. The van der Waals surface area contributed by atoms with Gasteiger partial charge >= 0.3 is 12.4 Å². The molecule has 2 atom stereocenters. The minimum absolute atomic E-state index is 0.0576. The number of hydrogen-bond acceptors (Lipinski definition) is 3. The van der Waals surface area contributed by atoms with Gasteiger partial charge in [-0.05, 0) is 46.7 Å². The Morgan fingerprint density at radius 3 is 1.97 bits per heavy atom. The van der Waals surface area contributed by atoms with E-state index in [9.17, 15) is 30.9 Å². The van der Waals surface area contributed by atoms with Crippen LogP contribution < -0.4 is 0 Å². The number of rotatable bonds is 6. The first kappa shape index (κ1) is 24.2. The molecule has 0 spiro atoms. The van der Waals surface area contributed by atoms with E-state index in [1.807, 2.05) is 0 Å². The van der Waals surface area contributed by atoms with E-state index in [1.165, 1.54) is 13.2 Å². The summed E-state index contributed by atoms with van der Waals surface area (Å²) in [5, 5.41) is 0. The average Bonchev–Trinajstić information content (AvgIpc) is 2.63. The van der Waals surface area contributed by atoms with Crippen LogP contribution in [-0.4, -0.2) is 23.1 Å². The van der Waals surface area contributed by atoms with Crippen molar-refractivity contribution in [2.24, 2.45) is 4.40 Å². The molecule has 0 heterocycles. The second-order valence-electron chi connectivity index (χ2n) is 6.59. The van der Waals surface area contributed by atoms with Gasteiger partial charge in [-0.3, -0.25) is 0 Å². The van der Waals surface area contributed by atoms with Crippen LogP contribution in [0.3, 0.4) is 0 Å². The number of hydrogen-bond donors (Lipinski definition) is 1. The van der Waals surface area contributed by atoms with Crippen LogP contribution in [0.5, 0.6) is 0 Å². The van der Waals surface area contributed by atoms with Gasteiger partial charge in [0.2, 0.25) is 0 Å². The lowest BCUT2D eigenvalue weighted by Crippen LogP contribution is -2.16. The zero-order valence-corrected chi connectivity index (χ0v) is 16.8. The van der Waals surface area contributed by atoms with Crippen molar-refractivity contribution in [2.75, 3.05) is 12.9 Å². The molecule has 0 aromatic heterocycles. The van der Waals surface area contributed by atoms with Gasteiger partial charge in [0, 0.05) is 6.26 Å². The Labute approximate surface area is 172 Å². The molecule has 10 heteroatoms. The zero-order chi connectivity index (χ0) is 22.7. The van der Waals surface area contributed by atoms with Gasteiger partial charge in [0.1, 0.15) is 0 Å². The van der Waals surface area contributed by atoms with E-state index in [-0.39, 0.29) is 23.9 Å². The van der Waals surface area contributed by atoms with Crippen LogP contribution in [0.25, 0.3) is 0 Å². The van der Waals surface area contributed by atoms with E-state index in [0.29, 0.717) is 17.7 Å². The maximum atomic E-state index is 13.1. The summed E-state index contributed by atoms with van der Waals surface area (Å²) < 4.78 is 97.7.